The largest absolute Gasteiger partial charge is 0.444 e. The molecule has 2 unspecified atom stereocenters. The molecule has 1 aliphatic carbocycles. The first-order valence-corrected chi connectivity index (χ1v) is 15.6. The van der Waals surface area contributed by atoms with Crippen molar-refractivity contribution in [2.24, 2.45) is 7.05 Å². The van der Waals surface area contributed by atoms with E-state index in [9.17, 15) is 9.59 Å². The molecule has 228 valence electrons. The Hall–Kier alpha value is -4.40. The van der Waals surface area contributed by atoms with Crippen LogP contribution in [0.25, 0.3) is 22.2 Å². The number of aromatic nitrogens is 3. The average molecular weight is 593 g/mol. The first-order chi connectivity index (χ1) is 21.0. The van der Waals surface area contributed by atoms with Crippen molar-refractivity contribution in [1.82, 2.24) is 25.0 Å². The van der Waals surface area contributed by atoms with Crippen LogP contribution < -0.4 is 10.2 Å². The lowest BCUT2D eigenvalue weighted by Gasteiger charge is -2.42. The first kappa shape index (κ1) is 28.4. The van der Waals surface area contributed by atoms with E-state index in [1.807, 2.05) is 70.1 Å². The Morgan fingerprint density at radius 3 is 2.43 bits per heavy atom. The number of ether oxygens (including phenoxy) is 1. The number of benzene rings is 2. The molecule has 7 rings (SSSR count). The molecule has 2 saturated heterocycles. The number of anilines is 1. The number of nitrogens with one attached hydrogen (secondary N) is 1. The van der Waals surface area contributed by atoms with Gasteiger partial charge in [0.2, 0.25) is 0 Å². The van der Waals surface area contributed by atoms with Crippen LogP contribution in [0.2, 0.25) is 0 Å². The zero-order chi connectivity index (χ0) is 30.8. The molecule has 2 aromatic carbocycles. The second-order valence-corrected chi connectivity index (χ2v) is 13.7. The van der Waals surface area contributed by atoms with Crippen LogP contribution in [-0.2, 0) is 17.3 Å². The average Bonchev–Trinajstić information content (AvgIpc) is 3.53. The topological polar surface area (TPSA) is 92.6 Å². The molecule has 9 nitrogen and oxygen atoms in total. The normalized spacial score (nSPS) is 20.6. The van der Waals surface area contributed by atoms with Crippen LogP contribution in [0.1, 0.15) is 67.9 Å². The van der Waals surface area contributed by atoms with Gasteiger partial charge in [-0.15, -0.1) is 0 Å². The maximum atomic E-state index is 14.0. The van der Waals surface area contributed by atoms with E-state index < -0.39 is 11.1 Å². The predicted octanol–water partition coefficient (Wildman–Crippen LogP) is 5.95. The van der Waals surface area contributed by atoms with Gasteiger partial charge in [-0.05, 0) is 101 Å². The number of rotatable bonds is 5. The molecule has 9 heteroatoms. The minimum Gasteiger partial charge on any atom is -0.444 e. The lowest BCUT2D eigenvalue weighted by atomic mass is 9.94. The summed E-state index contributed by atoms with van der Waals surface area (Å²) in [4.78, 5) is 35.9. The summed E-state index contributed by atoms with van der Waals surface area (Å²) >= 11 is 0. The van der Waals surface area contributed by atoms with Gasteiger partial charge in [0.05, 0.1) is 28.8 Å². The number of fused-ring (bicyclic) bond motifs is 3. The quantitative estimate of drug-likeness (QED) is 0.308. The molecular weight excluding hydrogens is 552 g/mol. The van der Waals surface area contributed by atoms with Gasteiger partial charge in [0.25, 0.3) is 5.91 Å². The minimum atomic E-state index is -0.519. The van der Waals surface area contributed by atoms with Gasteiger partial charge >= 0.3 is 6.09 Å². The van der Waals surface area contributed by atoms with E-state index in [0.717, 1.165) is 77.7 Å². The molecule has 1 N–H and O–H groups in total. The van der Waals surface area contributed by atoms with Crippen molar-refractivity contribution in [1.29, 1.82) is 0 Å². The predicted molar refractivity (Wildman–Crippen MR) is 171 cm³/mol. The Labute approximate surface area is 258 Å². The number of hydrogen-bond acceptors (Lipinski definition) is 6. The highest BCUT2D eigenvalue weighted by atomic mass is 16.6. The smallest absolute Gasteiger partial charge is 0.410 e. The number of hydrogen-bond donors (Lipinski definition) is 1. The summed E-state index contributed by atoms with van der Waals surface area (Å²) in [5.74, 6) is -0.0718. The van der Waals surface area contributed by atoms with Gasteiger partial charge in [0, 0.05) is 54.7 Å². The standard InChI is InChI=1S/C35H40N6O3/c1-22-8-9-24(40-20-25-10-11-26(21-40)41(25)33(43)44-34(2,3)4)19-28(22)32(42)37-35(13-14-35)29-17-23(30-12-16-39(5)38-30)18-31-27(29)7-6-15-36-31/h6-9,12,15-19,25-26H,10-11,13-14,20-21H2,1-5H3,(H,37,42). The Kier molecular flexibility index (Phi) is 6.68. The second kappa shape index (κ2) is 10.4. The van der Waals surface area contributed by atoms with Crippen molar-refractivity contribution in [3.05, 3.63) is 77.6 Å². The molecule has 3 fully saturated rings. The second-order valence-electron chi connectivity index (χ2n) is 13.7. The van der Waals surface area contributed by atoms with Crippen LogP contribution in [0.3, 0.4) is 0 Å². The summed E-state index contributed by atoms with van der Waals surface area (Å²) in [5, 5.41) is 9.11. The molecule has 4 aromatic rings. The molecule has 4 heterocycles. The fraction of sp³-hybridized carbons (Fsp3) is 0.429. The molecule has 2 bridgehead atoms. The zero-order valence-electron chi connectivity index (χ0n) is 26.1. The summed E-state index contributed by atoms with van der Waals surface area (Å²) < 4.78 is 7.52. The monoisotopic (exact) mass is 592 g/mol. The third kappa shape index (κ3) is 5.18. The molecule has 2 aromatic heterocycles. The summed E-state index contributed by atoms with van der Waals surface area (Å²) in [6, 6.07) is 16.6. The summed E-state index contributed by atoms with van der Waals surface area (Å²) in [6.07, 6.45) is 7.17. The number of carbonyl (C=O) groups excluding carboxylic acids is 2. The molecule has 0 radical (unpaired) electrons. The van der Waals surface area contributed by atoms with Gasteiger partial charge in [-0.3, -0.25) is 19.4 Å². The highest BCUT2D eigenvalue weighted by molar-refractivity contribution is 5.98. The summed E-state index contributed by atoms with van der Waals surface area (Å²) in [6.45, 7) is 9.16. The van der Waals surface area contributed by atoms with E-state index in [2.05, 4.69) is 44.6 Å². The number of carbonyl (C=O) groups is 2. The third-order valence-electron chi connectivity index (χ3n) is 9.27. The Bertz CT molecular complexity index is 1750. The Morgan fingerprint density at radius 2 is 1.77 bits per heavy atom. The number of nitrogens with zero attached hydrogens (tertiary/aromatic N) is 5. The number of amides is 2. The zero-order valence-corrected chi connectivity index (χ0v) is 26.1. The molecule has 2 aliphatic heterocycles. The molecule has 2 atom stereocenters. The number of pyridine rings is 1. The van der Waals surface area contributed by atoms with Crippen LogP contribution in [0, 0.1) is 6.92 Å². The maximum absolute atomic E-state index is 14.0. The van der Waals surface area contributed by atoms with Gasteiger partial charge in [-0.25, -0.2) is 4.79 Å². The Balaban J connectivity index is 1.14. The van der Waals surface area contributed by atoms with Gasteiger partial charge in [-0.1, -0.05) is 12.1 Å². The molecule has 0 spiro atoms. The van der Waals surface area contributed by atoms with Crippen LogP contribution >= 0.6 is 0 Å². The van der Waals surface area contributed by atoms with Crippen molar-refractivity contribution in [2.75, 3.05) is 18.0 Å². The van der Waals surface area contributed by atoms with Crippen LogP contribution in [0.15, 0.2) is 60.9 Å². The third-order valence-corrected chi connectivity index (χ3v) is 9.27. The number of aryl methyl sites for hydroxylation is 2. The van der Waals surface area contributed by atoms with Gasteiger partial charge < -0.3 is 15.0 Å². The van der Waals surface area contributed by atoms with E-state index in [1.54, 1.807) is 10.9 Å². The fourth-order valence-corrected chi connectivity index (χ4v) is 6.94. The van der Waals surface area contributed by atoms with Crippen molar-refractivity contribution < 1.29 is 14.3 Å². The van der Waals surface area contributed by atoms with E-state index in [1.165, 1.54) is 0 Å². The molecular formula is C35H40N6O3. The number of piperazine rings is 1. The van der Waals surface area contributed by atoms with Crippen molar-refractivity contribution in [3.8, 4) is 11.3 Å². The van der Waals surface area contributed by atoms with Gasteiger partial charge in [-0.2, -0.15) is 5.10 Å². The lowest BCUT2D eigenvalue weighted by Crippen LogP contribution is -2.56. The van der Waals surface area contributed by atoms with E-state index >= 15 is 0 Å². The van der Waals surface area contributed by atoms with Gasteiger partial charge in [0.15, 0.2) is 0 Å². The minimum absolute atomic E-state index is 0.0718. The van der Waals surface area contributed by atoms with Crippen molar-refractivity contribution >= 4 is 28.6 Å². The van der Waals surface area contributed by atoms with Crippen molar-refractivity contribution in [3.63, 3.8) is 0 Å². The van der Waals surface area contributed by atoms with E-state index in [-0.39, 0.29) is 24.1 Å². The summed E-state index contributed by atoms with van der Waals surface area (Å²) in [5.41, 5.74) is 5.50. The van der Waals surface area contributed by atoms with Crippen LogP contribution in [-0.4, -0.2) is 62.4 Å². The molecule has 1 saturated carbocycles. The van der Waals surface area contributed by atoms with E-state index in [0.29, 0.717) is 5.56 Å². The van der Waals surface area contributed by atoms with Crippen LogP contribution in [0.5, 0.6) is 0 Å². The van der Waals surface area contributed by atoms with Crippen LogP contribution in [0.4, 0.5) is 10.5 Å². The summed E-state index contributed by atoms with van der Waals surface area (Å²) in [7, 11) is 1.91. The molecule has 2 amide bonds. The first-order valence-electron chi connectivity index (χ1n) is 15.6. The highest BCUT2D eigenvalue weighted by Gasteiger charge is 2.48. The Morgan fingerprint density at radius 1 is 1.02 bits per heavy atom. The van der Waals surface area contributed by atoms with Crippen molar-refractivity contribution in [2.45, 2.75) is 76.6 Å². The van der Waals surface area contributed by atoms with E-state index in [4.69, 9.17) is 4.74 Å². The molecule has 44 heavy (non-hydrogen) atoms. The lowest BCUT2D eigenvalue weighted by molar-refractivity contribution is 0.0123. The fourth-order valence-electron chi connectivity index (χ4n) is 6.94. The molecule has 3 aliphatic rings. The highest BCUT2D eigenvalue weighted by Crippen LogP contribution is 2.49. The van der Waals surface area contributed by atoms with Gasteiger partial charge in [0.1, 0.15) is 5.60 Å². The maximum Gasteiger partial charge on any atom is 0.410 e. The SMILES string of the molecule is Cc1ccc(N2CC3CCC(C2)N3C(=O)OC(C)(C)C)cc1C(=O)NC1(c2cc(-c3ccn(C)n3)cc3ncccc23)CC1.